The molecular weight excluding hydrogens is 705 g/mol. The van der Waals surface area contributed by atoms with Gasteiger partial charge in [-0.25, -0.2) is 0 Å². The Balaban J connectivity index is 1.11. The zero-order valence-electron chi connectivity index (χ0n) is 31.4. The van der Waals surface area contributed by atoms with Crippen molar-refractivity contribution in [3.63, 3.8) is 0 Å². The number of furan rings is 1. The average Bonchev–Trinajstić information content (AvgIpc) is 4.02. The summed E-state index contributed by atoms with van der Waals surface area (Å²) in [6, 6.07) is 75.6. The standard InChI is InChI=1S/C55H34N2O/c1-2-16-35(17-3-1)55(43-23-9-4-18-37(43)38-19-5-10-24-44(38)55)36-32-33-47-42(34-36)39-20-6-11-25-45(39)56(47)48-27-14-28-49-53(48)40-21-7-12-26-46(40)57(49)50-29-15-31-52-54(50)41-22-8-13-30-51(41)58-52/h1-34H. The van der Waals surface area contributed by atoms with Crippen LogP contribution in [0, 0.1) is 0 Å². The van der Waals surface area contributed by atoms with Crippen molar-refractivity contribution >= 4 is 65.6 Å². The van der Waals surface area contributed by atoms with Gasteiger partial charge in [0.25, 0.3) is 0 Å². The third-order valence-electron chi connectivity index (χ3n) is 12.8. The molecule has 0 saturated carbocycles. The van der Waals surface area contributed by atoms with Gasteiger partial charge in [-0.3, -0.25) is 0 Å². The number of rotatable bonds is 4. The molecule has 0 amide bonds. The molecule has 0 N–H and O–H groups in total. The third kappa shape index (κ3) is 4.02. The first-order valence-electron chi connectivity index (χ1n) is 20.0. The number of aromatic nitrogens is 2. The topological polar surface area (TPSA) is 23.0 Å². The van der Waals surface area contributed by atoms with Gasteiger partial charge in [-0.05, 0) is 88.0 Å². The molecule has 0 unspecified atom stereocenters. The molecule has 12 aromatic rings. The molecule has 0 aliphatic heterocycles. The van der Waals surface area contributed by atoms with Crippen molar-refractivity contribution in [3.05, 3.63) is 229 Å². The van der Waals surface area contributed by atoms with Gasteiger partial charge in [0.05, 0.1) is 44.2 Å². The van der Waals surface area contributed by atoms with Crippen LogP contribution in [0.15, 0.2) is 211 Å². The molecule has 13 rings (SSSR count). The van der Waals surface area contributed by atoms with E-state index in [2.05, 4.69) is 209 Å². The number of hydrogen-bond donors (Lipinski definition) is 0. The van der Waals surface area contributed by atoms with E-state index in [1.54, 1.807) is 0 Å². The van der Waals surface area contributed by atoms with Crippen LogP contribution in [0.5, 0.6) is 0 Å². The maximum atomic E-state index is 6.40. The zero-order chi connectivity index (χ0) is 38.0. The maximum absolute atomic E-state index is 6.40. The second kappa shape index (κ2) is 11.7. The van der Waals surface area contributed by atoms with E-state index in [1.807, 2.05) is 6.07 Å². The molecule has 1 aliphatic carbocycles. The summed E-state index contributed by atoms with van der Waals surface area (Å²) in [4.78, 5) is 0. The van der Waals surface area contributed by atoms with Gasteiger partial charge in [-0.15, -0.1) is 0 Å². The van der Waals surface area contributed by atoms with Crippen LogP contribution in [0.4, 0.5) is 0 Å². The van der Waals surface area contributed by atoms with E-state index < -0.39 is 5.41 Å². The van der Waals surface area contributed by atoms with Gasteiger partial charge in [0, 0.05) is 26.9 Å². The third-order valence-corrected chi connectivity index (χ3v) is 12.8. The zero-order valence-corrected chi connectivity index (χ0v) is 31.4. The molecule has 3 aromatic heterocycles. The fraction of sp³-hybridized carbons (Fsp3) is 0.0182. The summed E-state index contributed by atoms with van der Waals surface area (Å²) in [7, 11) is 0. The minimum atomic E-state index is -0.475. The van der Waals surface area contributed by atoms with Crippen LogP contribution in [0.2, 0.25) is 0 Å². The van der Waals surface area contributed by atoms with Gasteiger partial charge >= 0.3 is 0 Å². The van der Waals surface area contributed by atoms with Gasteiger partial charge in [0.15, 0.2) is 0 Å². The first kappa shape index (κ1) is 31.6. The molecule has 1 aliphatic rings. The second-order valence-electron chi connectivity index (χ2n) is 15.6. The lowest BCUT2D eigenvalue weighted by molar-refractivity contribution is 0.669. The highest BCUT2D eigenvalue weighted by Gasteiger charge is 2.46. The van der Waals surface area contributed by atoms with Crippen molar-refractivity contribution in [2.45, 2.75) is 5.41 Å². The Morgan fingerprint density at radius 1 is 0.328 bits per heavy atom. The normalized spacial score (nSPS) is 13.3. The van der Waals surface area contributed by atoms with Gasteiger partial charge in [-0.1, -0.05) is 152 Å². The average molecular weight is 739 g/mol. The number of benzene rings is 9. The van der Waals surface area contributed by atoms with E-state index in [-0.39, 0.29) is 0 Å². The molecule has 58 heavy (non-hydrogen) atoms. The maximum Gasteiger partial charge on any atom is 0.137 e. The van der Waals surface area contributed by atoms with E-state index in [4.69, 9.17) is 4.42 Å². The molecule has 0 radical (unpaired) electrons. The summed E-state index contributed by atoms with van der Waals surface area (Å²) in [5, 5.41) is 7.14. The largest absolute Gasteiger partial charge is 0.456 e. The van der Waals surface area contributed by atoms with E-state index in [9.17, 15) is 0 Å². The Hall–Kier alpha value is -7.62. The van der Waals surface area contributed by atoms with Crippen LogP contribution in [-0.4, -0.2) is 9.13 Å². The van der Waals surface area contributed by atoms with Crippen molar-refractivity contribution in [1.82, 2.24) is 9.13 Å². The van der Waals surface area contributed by atoms with Crippen molar-refractivity contribution in [2.24, 2.45) is 0 Å². The van der Waals surface area contributed by atoms with Crippen LogP contribution < -0.4 is 0 Å². The quantitative estimate of drug-likeness (QED) is 0.176. The predicted molar refractivity (Wildman–Crippen MR) is 240 cm³/mol. The number of fused-ring (bicyclic) bond motifs is 12. The first-order valence-corrected chi connectivity index (χ1v) is 20.0. The van der Waals surface area contributed by atoms with Crippen LogP contribution >= 0.6 is 0 Å². The fourth-order valence-electron chi connectivity index (χ4n) is 10.6. The van der Waals surface area contributed by atoms with Crippen LogP contribution in [0.1, 0.15) is 22.3 Å². The molecule has 0 bridgehead atoms. The molecular formula is C55H34N2O. The number of nitrogens with zero attached hydrogens (tertiary/aromatic N) is 2. The molecule has 0 saturated heterocycles. The van der Waals surface area contributed by atoms with Crippen molar-refractivity contribution in [3.8, 4) is 22.5 Å². The van der Waals surface area contributed by atoms with Gasteiger partial charge in [0.1, 0.15) is 11.2 Å². The summed E-state index contributed by atoms with van der Waals surface area (Å²) in [6.45, 7) is 0. The van der Waals surface area contributed by atoms with Gasteiger partial charge in [-0.2, -0.15) is 0 Å². The van der Waals surface area contributed by atoms with E-state index in [1.165, 1.54) is 66.0 Å². The van der Waals surface area contributed by atoms with Gasteiger partial charge < -0.3 is 13.6 Å². The molecule has 3 nitrogen and oxygen atoms in total. The van der Waals surface area contributed by atoms with Crippen molar-refractivity contribution < 1.29 is 4.42 Å². The molecule has 270 valence electrons. The molecule has 3 heteroatoms. The van der Waals surface area contributed by atoms with Gasteiger partial charge in [0.2, 0.25) is 0 Å². The molecule has 0 spiro atoms. The van der Waals surface area contributed by atoms with Crippen LogP contribution in [-0.2, 0) is 5.41 Å². The summed E-state index contributed by atoms with van der Waals surface area (Å²) >= 11 is 0. The lowest BCUT2D eigenvalue weighted by Crippen LogP contribution is -2.28. The van der Waals surface area contributed by atoms with Crippen molar-refractivity contribution in [1.29, 1.82) is 0 Å². The minimum absolute atomic E-state index is 0.475. The van der Waals surface area contributed by atoms with Crippen LogP contribution in [0.3, 0.4) is 0 Å². The summed E-state index contributed by atoms with van der Waals surface area (Å²) < 4.78 is 11.3. The highest BCUT2D eigenvalue weighted by molar-refractivity contribution is 6.18. The summed E-state index contributed by atoms with van der Waals surface area (Å²) in [5.74, 6) is 0. The SMILES string of the molecule is c1ccc(C2(c3ccc4c(c3)c3ccccc3n4-c3cccc4c3c3ccccc3n4-c3cccc4oc5ccccc5c34)c3ccccc3-c3ccccc32)cc1. The lowest BCUT2D eigenvalue weighted by atomic mass is 9.67. The van der Waals surface area contributed by atoms with E-state index >= 15 is 0 Å². The second-order valence-corrected chi connectivity index (χ2v) is 15.6. The monoisotopic (exact) mass is 738 g/mol. The lowest BCUT2D eigenvalue weighted by Gasteiger charge is -2.34. The van der Waals surface area contributed by atoms with E-state index in [0.29, 0.717) is 0 Å². The Labute approximate surface area is 334 Å². The minimum Gasteiger partial charge on any atom is -0.456 e. The predicted octanol–water partition coefficient (Wildman–Crippen LogP) is 14.1. The Kier molecular flexibility index (Phi) is 6.37. The highest BCUT2D eigenvalue weighted by Crippen LogP contribution is 2.56. The molecule has 3 heterocycles. The molecule has 9 aromatic carbocycles. The van der Waals surface area contributed by atoms with Crippen molar-refractivity contribution in [2.75, 3.05) is 0 Å². The smallest absolute Gasteiger partial charge is 0.137 e. The Morgan fingerprint density at radius 2 is 0.862 bits per heavy atom. The number of hydrogen-bond acceptors (Lipinski definition) is 1. The fourth-order valence-corrected chi connectivity index (χ4v) is 10.6. The molecule has 0 atom stereocenters. The first-order chi connectivity index (χ1) is 28.8. The molecule has 0 fully saturated rings. The Morgan fingerprint density at radius 3 is 1.64 bits per heavy atom. The summed E-state index contributed by atoms with van der Waals surface area (Å²) in [5.41, 5.74) is 16.0. The summed E-state index contributed by atoms with van der Waals surface area (Å²) in [6.07, 6.45) is 0. The van der Waals surface area contributed by atoms with Crippen LogP contribution in [0.25, 0.3) is 88.1 Å². The van der Waals surface area contributed by atoms with E-state index in [0.717, 1.165) is 44.3 Å². The Bertz CT molecular complexity index is 3590. The number of para-hydroxylation sites is 3. The highest BCUT2D eigenvalue weighted by atomic mass is 16.3.